The topological polar surface area (TPSA) is 92.8 Å². The molecule has 0 radical (unpaired) electrons. The van der Waals surface area contributed by atoms with E-state index in [1.54, 1.807) is 0 Å². The minimum absolute atomic E-state index is 0.0457. The standard InChI is InChI=1S/C18H31F4N7O/c1-9(2)7-23-17(24-15-11-5-4-10(19)6-13(11)26-27-15)25-16(30)12-8-29(3)28-14(12)18(20,21)22/h9-15,26-28H,4-8H2,1-3H3,(H2,23,24,25,30). The third-order valence-electron chi connectivity index (χ3n) is 5.76. The molecule has 12 heteroatoms. The molecule has 0 aromatic heterocycles. The Bertz CT molecular complexity index is 645. The lowest BCUT2D eigenvalue weighted by molar-refractivity contribution is -0.168. The second-order valence-electron chi connectivity index (χ2n) is 8.80. The molecule has 2 saturated heterocycles. The first-order valence-electron chi connectivity index (χ1n) is 10.4. The number of carbonyl (C=O) groups excluding carboxylic acids is 1. The smallest absolute Gasteiger partial charge is 0.339 e. The van der Waals surface area contributed by atoms with Crippen LogP contribution in [0.15, 0.2) is 4.99 Å². The van der Waals surface area contributed by atoms with E-state index in [0.717, 1.165) is 0 Å². The van der Waals surface area contributed by atoms with Crippen LogP contribution in [-0.4, -0.2) is 67.6 Å². The van der Waals surface area contributed by atoms with Crippen molar-refractivity contribution in [3.05, 3.63) is 0 Å². The second-order valence-corrected chi connectivity index (χ2v) is 8.80. The predicted molar refractivity (Wildman–Crippen MR) is 104 cm³/mol. The van der Waals surface area contributed by atoms with Crippen LogP contribution in [0.5, 0.6) is 0 Å². The van der Waals surface area contributed by atoms with Crippen molar-refractivity contribution in [3.63, 3.8) is 0 Å². The van der Waals surface area contributed by atoms with Gasteiger partial charge in [0.15, 0.2) is 5.96 Å². The number of rotatable bonds is 4. The van der Waals surface area contributed by atoms with Crippen molar-refractivity contribution < 1.29 is 22.4 Å². The summed E-state index contributed by atoms with van der Waals surface area (Å²) in [5.41, 5.74) is 8.42. The Morgan fingerprint density at radius 2 is 2.00 bits per heavy atom. The highest BCUT2D eigenvalue weighted by atomic mass is 19.4. The first-order valence-corrected chi connectivity index (χ1v) is 10.4. The highest BCUT2D eigenvalue weighted by molar-refractivity contribution is 5.98. The Hall–Kier alpha value is -1.50. The van der Waals surface area contributed by atoms with Crippen LogP contribution in [0.25, 0.3) is 0 Å². The fraction of sp³-hybridized carbons (Fsp3) is 0.889. The number of guanidine groups is 1. The van der Waals surface area contributed by atoms with Gasteiger partial charge in [-0.1, -0.05) is 13.8 Å². The van der Waals surface area contributed by atoms with Crippen LogP contribution in [0.3, 0.4) is 0 Å². The van der Waals surface area contributed by atoms with E-state index < -0.39 is 30.2 Å². The quantitative estimate of drug-likeness (QED) is 0.252. The number of halogens is 4. The zero-order valence-electron chi connectivity index (χ0n) is 17.4. The van der Waals surface area contributed by atoms with E-state index in [1.165, 1.54) is 12.1 Å². The largest absolute Gasteiger partial charge is 0.405 e. The summed E-state index contributed by atoms with van der Waals surface area (Å²) in [7, 11) is 1.47. The van der Waals surface area contributed by atoms with E-state index in [1.807, 2.05) is 13.8 Å². The van der Waals surface area contributed by atoms with Crippen LogP contribution in [-0.2, 0) is 4.79 Å². The molecule has 172 valence electrons. The van der Waals surface area contributed by atoms with Gasteiger partial charge in [0, 0.05) is 32.1 Å². The third-order valence-corrected chi connectivity index (χ3v) is 5.76. The number of carbonyl (C=O) groups is 1. The van der Waals surface area contributed by atoms with Crippen molar-refractivity contribution in [2.75, 3.05) is 20.1 Å². The van der Waals surface area contributed by atoms with Gasteiger partial charge in [0.1, 0.15) is 12.2 Å². The van der Waals surface area contributed by atoms with Gasteiger partial charge >= 0.3 is 6.18 Å². The summed E-state index contributed by atoms with van der Waals surface area (Å²) in [4.78, 5) is 17.1. The maximum Gasteiger partial charge on any atom is 0.405 e. The molecule has 8 nitrogen and oxygen atoms in total. The number of hydrazine groups is 2. The molecule has 0 spiro atoms. The highest BCUT2D eigenvalue weighted by Gasteiger charge is 2.52. The number of aliphatic imine (C=N–C) groups is 1. The van der Waals surface area contributed by atoms with Gasteiger partial charge in [0.2, 0.25) is 5.91 Å². The number of hydrogen-bond donors (Lipinski definition) is 5. The summed E-state index contributed by atoms with van der Waals surface area (Å²) < 4.78 is 53.6. The van der Waals surface area contributed by atoms with E-state index in [4.69, 9.17) is 0 Å². The maximum absolute atomic E-state index is 13.7. The molecule has 6 unspecified atom stereocenters. The Morgan fingerprint density at radius 1 is 1.27 bits per heavy atom. The predicted octanol–water partition coefficient (Wildman–Crippen LogP) is 0.642. The minimum Gasteiger partial charge on any atom is -0.339 e. The molecule has 2 aliphatic heterocycles. The van der Waals surface area contributed by atoms with E-state index >= 15 is 0 Å². The van der Waals surface area contributed by atoms with Crippen molar-refractivity contribution in [2.24, 2.45) is 22.7 Å². The van der Waals surface area contributed by atoms with Gasteiger partial charge in [0.05, 0.1) is 12.1 Å². The number of fused-ring (bicyclic) bond motifs is 1. The molecule has 30 heavy (non-hydrogen) atoms. The number of nitrogens with one attached hydrogen (secondary N) is 5. The van der Waals surface area contributed by atoms with Crippen molar-refractivity contribution in [3.8, 4) is 0 Å². The van der Waals surface area contributed by atoms with Crippen LogP contribution in [0, 0.1) is 17.8 Å². The fourth-order valence-electron chi connectivity index (χ4n) is 4.22. The summed E-state index contributed by atoms with van der Waals surface area (Å²) in [5, 5.41) is 6.94. The minimum atomic E-state index is -4.55. The molecule has 1 saturated carbocycles. The molecule has 1 aliphatic carbocycles. The van der Waals surface area contributed by atoms with Gasteiger partial charge in [-0.15, -0.1) is 0 Å². The molecule has 0 aromatic rings. The second kappa shape index (κ2) is 9.33. The van der Waals surface area contributed by atoms with E-state index in [2.05, 4.69) is 31.9 Å². The zero-order valence-corrected chi connectivity index (χ0v) is 17.4. The van der Waals surface area contributed by atoms with Gasteiger partial charge in [-0.3, -0.25) is 20.5 Å². The normalized spacial score (nSPS) is 35.5. The maximum atomic E-state index is 13.7. The summed E-state index contributed by atoms with van der Waals surface area (Å²) in [5.74, 6) is -1.64. The lowest BCUT2D eigenvalue weighted by Gasteiger charge is -2.30. The van der Waals surface area contributed by atoms with Gasteiger partial charge < -0.3 is 5.32 Å². The van der Waals surface area contributed by atoms with E-state index in [9.17, 15) is 22.4 Å². The molecule has 1 amide bonds. The average molecular weight is 437 g/mol. The van der Waals surface area contributed by atoms with Crippen LogP contribution in [0.4, 0.5) is 17.6 Å². The average Bonchev–Trinajstić information content (AvgIpc) is 3.22. The molecular formula is C18H31F4N7O. The molecule has 3 aliphatic rings. The molecule has 2 heterocycles. The SMILES string of the molecule is CC(C)CN=C(NC(=O)C1CN(C)NC1C(F)(F)F)NC1NNC2CC(F)CCC21. The monoisotopic (exact) mass is 437 g/mol. The molecule has 3 fully saturated rings. The Labute approximate surface area is 173 Å². The van der Waals surface area contributed by atoms with Gasteiger partial charge in [-0.05, 0) is 25.2 Å². The van der Waals surface area contributed by atoms with Gasteiger partial charge in [0.25, 0.3) is 0 Å². The number of nitrogens with zero attached hydrogens (tertiary/aromatic N) is 2. The van der Waals surface area contributed by atoms with Crippen molar-refractivity contribution in [1.82, 2.24) is 31.9 Å². The number of alkyl halides is 4. The molecular weight excluding hydrogens is 406 g/mol. The number of amides is 1. The Balaban J connectivity index is 1.68. The Morgan fingerprint density at radius 3 is 2.67 bits per heavy atom. The van der Waals surface area contributed by atoms with E-state index in [0.29, 0.717) is 25.8 Å². The first-order chi connectivity index (χ1) is 14.0. The Kier molecular flexibility index (Phi) is 7.20. The molecule has 5 N–H and O–H groups in total. The van der Waals surface area contributed by atoms with E-state index in [-0.39, 0.29) is 36.5 Å². The summed E-state index contributed by atoms with van der Waals surface area (Å²) >= 11 is 0. The van der Waals surface area contributed by atoms with Crippen LogP contribution >= 0.6 is 0 Å². The van der Waals surface area contributed by atoms with Crippen LogP contribution in [0.1, 0.15) is 33.1 Å². The molecule has 3 rings (SSSR count). The lowest BCUT2D eigenvalue weighted by Crippen LogP contribution is -2.55. The van der Waals surface area contributed by atoms with Crippen LogP contribution in [0.2, 0.25) is 0 Å². The summed E-state index contributed by atoms with van der Waals surface area (Å²) in [6.45, 7) is 4.23. The molecule has 0 aromatic carbocycles. The van der Waals surface area contributed by atoms with Crippen LogP contribution < -0.4 is 26.9 Å². The zero-order chi connectivity index (χ0) is 22.1. The summed E-state index contributed by atoms with van der Waals surface area (Å²) in [6, 6.07) is -2.00. The first kappa shape index (κ1) is 23.2. The van der Waals surface area contributed by atoms with Crippen molar-refractivity contribution in [2.45, 2.75) is 63.7 Å². The third kappa shape index (κ3) is 5.59. The molecule has 0 bridgehead atoms. The summed E-state index contributed by atoms with van der Waals surface area (Å²) in [6.07, 6.45) is -4.20. The molecule has 6 atom stereocenters. The van der Waals surface area contributed by atoms with Gasteiger partial charge in [-0.2, -0.15) is 13.2 Å². The fourth-order valence-corrected chi connectivity index (χ4v) is 4.22. The van der Waals surface area contributed by atoms with Gasteiger partial charge in [-0.25, -0.2) is 20.3 Å². The number of hydrogen-bond acceptors (Lipinski definition) is 6. The lowest BCUT2D eigenvalue weighted by atomic mass is 9.83. The van der Waals surface area contributed by atoms with Crippen molar-refractivity contribution in [1.29, 1.82) is 0 Å². The van der Waals surface area contributed by atoms with Crippen molar-refractivity contribution >= 4 is 11.9 Å². The highest BCUT2D eigenvalue weighted by Crippen LogP contribution is 2.31.